The Balaban J connectivity index is 1.48. The van der Waals surface area contributed by atoms with Gasteiger partial charge < -0.3 is 5.32 Å². The topological polar surface area (TPSA) is 81.1 Å². The number of amides is 1. The first kappa shape index (κ1) is 23.5. The molecule has 2 aromatic heterocycles. The van der Waals surface area contributed by atoms with Crippen LogP contribution in [0.3, 0.4) is 0 Å². The van der Waals surface area contributed by atoms with Crippen molar-refractivity contribution in [2.75, 3.05) is 11.1 Å². The Labute approximate surface area is 211 Å². The SMILES string of the molecule is CC(=O)c1cccc(NC(=O)CSc2nc3sc4c(c3c(=O)n2-c2ccccc2)CC[C@H](C)C4)c1. The summed E-state index contributed by atoms with van der Waals surface area (Å²) in [7, 11) is 0. The average Bonchev–Trinajstić information content (AvgIpc) is 3.21. The van der Waals surface area contributed by atoms with Crippen LogP contribution in [-0.2, 0) is 17.6 Å². The van der Waals surface area contributed by atoms with E-state index in [0.29, 0.717) is 22.3 Å². The first-order valence-corrected chi connectivity index (χ1v) is 13.4. The fraction of sp³-hybridized carbons (Fsp3) is 0.259. The quantitative estimate of drug-likeness (QED) is 0.213. The molecule has 1 aliphatic rings. The number of hydrogen-bond donors (Lipinski definition) is 1. The van der Waals surface area contributed by atoms with Crippen LogP contribution < -0.4 is 10.9 Å². The first-order chi connectivity index (χ1) is 16.9. The summed E-state index contributed by atoms with van der Waals surface area (Å²) in [4.78, 5) is 45.0. The molecule has 0 aliphatic heterocycles. The van der Waals surface area contributed by atoms with Gasteiger partial charge in [-0.15, -0.1) is 11.3 Å². The van der Waals surface area contributed by atoms with Crippen LogP contribution in [-0.4, -0.2) is 27.0 Å². The Kier molecular flexibility index (Phi) is 6.58. The molecule has 1 aliphatic carbocycles. The van der Waals surface area contributed by atoms with Crippen molar-refractivity contribution in [3.63, 3.8) is 0 Å². The maximum absolute atomic E-state index is 13.8. The molecular formula is C27H25N3O3S2. The van der Waals surface area contributed by atoms with E-state index in [1.54, 1.807) is 40.2 Å². The van der Waals surface area contributed by atoms with Gasteiger partial charge in [0.25, 0.3) is 5.56 Å². The van der Waals surface area contributed by atoms with E-state index in [0.717, 1.165) is 40.7 Å². The van der Waals surface area contributed by atoms with E-state index >= 15 is 0 Å². The fourth-order valence-electron chi connectivity index (χ4n) is 4.42. The highest BCUT2D eigenvalue weighted by molar-refractivity contribution is 7.99. The molecule has 5 rings (SSSR count). The lowest BCUT2D eigenvalue weighted by molar-refractivity contribution is -0.113. The van der Waals surface area contributed by atoms with Crippen LogP contribution in [0.15, 0.2) is 64.5 Å². The Morgan fingerprint density at radius 1 is 1.17 bits per heavy atom. The van der Waals surface area contributed by atoms with Crippen LogP contribution in [0.2, 0.25) is 0 Å². The molecule has 6 nitrogen and oxygen atoms in total. The molecule has 4 aromatic rings. The molecular weight excluding hydrogens is 478 g/mol. The third-order valence-electron chi connectivity index (χ3n) is 6.20. The lowest BCUT2D eigenvalue weighted by atomic mass is 9.89. The highest BCUT2D eigenvalue weighted by atomic mass is 32.2. The molecule has 0 unspecified atom stereocenters. The predicted molar refractivity (Wildman–Crippen MR) is 142 cm³/mol. The van der Waals surface area contributed by atoms with Gasteiger partial charge in [-0.3, -0.25) is 19.0 Å². The van der Waals surface area contributed by atoms with Gasteiger partial charge in [0.1, 0.15) is 4.83 Å². The number of ketones is 1. The second-order valence-electron chi connectivity index (χ2n) is 8.88. The molecule has 1 atom stereocenters. The number of aryl methyl sites for hydroxylation is 1. The number of benzene rings is 2. The monoisotopic (exact) mass is 503 g/mol. The number of Topliss-reactive ketones (excluding diaryl/α,β-unsaturated/α-hetero) is 1. The third kappa shape index (κ3) is 4.81. The second-order valence-corrected chi connectivity index (χ2v) is 10.9. The molecule has 1 amide bonds. The van der Waals surface area contributed by atoms with Crippen LogP contribution >= 0.6 is 23.1 Å². The predicted octanol–water partition coefficient (Wildman–Crippen LogP) is 5.51. The zero-order valence-corrected chi connectivity index (χ0v) is 21.2. The minimum Gasteiger partial charge on any atom is -0.325 e. The summed E-state index contributed by atoms with van der Waals surface area (Å²) in [6.07, 6.45) is 2.95. The van der Waals surface area contributed by atoms with E-state index in [-0.39, 0.29) is 23.0 Å². The van der Waals surface area contributed by atoms with Gasteiger partial charge in [0.05, 0.1) is 16.8 Å². The normalized spacial score (nSPS) is 15.1. The summed E-state index contributed by atoms with van der Waals surface area (Å²) in [5.41, 5.74) is 2.90. The summed E-state index contributed by atoms with van der Waals surface area (Å²) in [5, 5.41) is 4.05. The minimum absolute atomic E-state index is 0.0621. The largest absolute Gasteiger partial charge is 0.325 e. The lowest BCUT2D eigenvalue weighted by Gasteiger charge is -2.17. The molecule has 0 fully saturated rings. The smallest absolute Gasteiger partial charge is 0.267 e. The summed E-state index contributed by atoms with van der Waals surface area (Å²) >= 11 is 2.84. The Bertz CT molecular complexity index is 1490. The highest BCUT2D eigenvalue weighted by Crippen LogP contribution is 2.37. The van der Waals surface area contributed by atoms with Crippen molar-refractivity contribution in [2.45, 2.75) is 38.3 Å². The van der Waals surface area contributed by atoms with Gasteiger partial charge in [0.15, 0.2) is 10.9 Å². The number of nitrogens with zero attached hydrogens (tertiary/aromatic N) is 2. The molecule has 2 aromatic carbocycles. The van der Waals surface area contributed by atoms with Crippen molar-refractivity contribution in [3.8, 4) is 5.69 Å². The van der Waals surface area contributed by atoms with Crippen molar-refractivity contribution in [3.05, 3.63) is 81.0 Å². The Hall–Kier alpha value is -3.23. The van der Waals surface area contributed by atoms with E-state index in [1.807, 2.05) is 30.3 Å². The number of fused-ring (bicyclic) bond motifs is 3. The van der Waals surface area contributed by atoms with Gasteiger partial charge in [-0.25, -0.2) is 4.98 Å². The molecule has 0 bridgehead atoms. The van der Waals surface area contributed by atoms with E-state index in [2.05, 4.69) is 12.2 Å². The van der Waals surface area contributed by atoms with Gasteiger partial charge in [-0.1, -0.05) is 49.0 Å². The maximum Gasteiger partial charge on any atom is 0.267 e. The van der Waals surface area contributed by atoms with E-state index in [1.165, 1.54) is 23.6 Å². The minimum atomic E-state index is -0.232. The number of aromatic nitrogens is 2. The van der Waals surface area contributed by atoms with Gasteiger partial charge in [0, 0.05) is 16.1 Å². The zero-order chi connectivity index (χ0) is 24.5. The molecule has 0 saturated carbocycles. The summed E-state index contributed by atoms with van der Waals surface area (Å²) in [6.45, 7) is 3.74. The summed E-state index contributed by atoms with van der Waals surface area (Å²) in [5.74, 6) is 0.389. The van der Waals surface area contributed by atoms with Crippen molar-refractivity contribution in [1.29, 1.82) is 0 Å². The highest BCUT2D eigenvalue weighted by Gasteiger charge is 2.25. The van der Waals surface area contributed by atoms with E-state index in [9.17, 15) is 14.4 Å². The standard InChI is InChI=1S/C27H25N3O3S2/c1-16-11-12-21-22(13-16)35-25-24(21)26(33)30(20-9-4-3-5-10-20)27(29-25)34-15-23(32)28-19-8-6-7-18(14-19)17(2)31/h3-10,14,16H,11-13,15H2,1-2H3,(H,28,32)/t16-/m0/s1. The van der Waals surface area contributed by atoms with Crippen LogP contribution in [0.5, 0.6) is 0 Å². The second kappa shape index (κ2) is 9.79. The summed E-state index contributed by atoms with van der Waals surface area (Å²) < 4.78 is 1.63. The van der Waals surface area contributed by atoms with Gasteiger partial charge in [-0.2, -0.15) is 0 Å². The van der Waals surface area contributed by atoms with Crippen LogP contribution in [0.1, 0.15) is 41.1 Å². The summed E-state index contributed by atoms with van der Waals surface area (Å²) in [6, 6.07) is 16.3. The van der Waals surface area contributed by atoms with Crippen LogP contribution in [0.4, 0.5) is 5.69 Å². The number of carbonyl (C=O) groups is 2. The van der Waals surface area contributed by atoms with Crippen LogP contribution in [0, 0.1) is 5.92 Å². The van der Waals surface area contributed by atoms with Crippen molar-refractivity contribution < 1.29 is 9.59 Å². The van der Waals surface area contributed by atoms with Gasteiger partial charge in [0.2, 0.25) is 5.91 Å². The fourth-order valence-corrected chi connectivity index (χ4v) is 6.65. The van der Waals surface area contributed by atoms with E-state index in [4.69, 9.17) is 4.98 Å². The number of para-hydroxylation sites is 1. The van der Waals surface area contributed by atoms with Crippen molar-refractivity contribution >= 4 is 50.7 Å². The lowest BCUT2D eigenvalue weighted by Crippen LogP contribution is -2.23. The Morgan fingerprint density at radius 2 is 1.97 bits per heavy atom. The van der Waals surface area contributed by atoms with Gasteiger partial charge >= 0.3 is 0 Å². The molecule has 8 heteroatoms. The maximum atomic E-state index is 13.8. The molecule has 0 spiro atoms. The molecule has 1 N–H and O–H groups in total. The number of rotatable bonds is 6. The molecule has 0 saturated heterocycles. The third-order valence-corrected chi connectivity index (χ3v) is 8.28. The van der Waals surface area contributed by atoms with Crippen molar-refractivity contribution in [2.24, 2.45) is 5.92 Å². The van der Waals surface area contributed by atoms with Crippen molar-refractivity contribution in [1.82, 2.24) is 9.55 Å². The number of carbonyl (C=O) groups excluding carboxylic acids is 2. The Morgan fingerprint density at radius 3 is 2.74 bits per heavy atom. The number of hydrogen-bond acceptors (Lipinski definition) is 6. The number of nitrogens with one attached hydrogen (secondary N) is 1. The zero-order valence-electron chi connectivity index (χ0n) is 19.5. The number of thioether (sulfide) groups is 1. The number of thiophene rings is 1. The average molecular weight is 504 g/mol. The van der Waals surface area contributed by atoms with Gasteiger partial charge in [-0.05, 0) is 61.9 Å². The molecule has 178 valence electrons. The van der Waals surface area contributed by atoms with E-state index < -0.39 is 0 Å². The first-order valence-electron chi connectivity index (χ1n) is 11.6. The molecule has 2 heterocycles. The van der Waals surface area contributed by atoms with Crippen LogP contribution in [0.25, 0.3) is 15.9 Å². The molecule has 35 heavy (non-hydrogen) atoms. The molecule has 0 radical (unpaired) electrons. The number of anilines is 1.